The first-order valence-electron chi connectivity index (χ1n) is 6.90. The Kier molecular flexibility index (Phi) is 4.34. The number of nitrogens with zero attached hydrogens (tertiary/aromatic N) is 1. The van der Waals surface area contributed by atoms with E-state index in [0.29, 0.717) is 5.41 Å². The Morgan fingerprint density at radius 2 is 1.88 bits per heavy atom. The fraction of sp³-hybridized carbons (Fsp3) is 1.00. The molecule has 2 aliphatic rings. The molecule has 2 saturated carbocycles. The maximum atomic E-state index is 3.76. The van der Waals surface area contributed by atoms with Crippen LogP contribution in [0.5, 0.6) is 0 Å². The monoisotopic (exact) mass is 287 g/mol. The number of hydrogen-bond acceptors (Lipinski definition) is 1. The second-order valence-corrected chi connectivity index (χ2v) is 6.92. The molecular formula is C14H26BrN. The summed E-state index contributed by atoms with van der Waals surface area (Å²) < 4.78 is 0. The van der Waals surface area contributed by atoms with Gasteiger partial charge in [0, 0.05) is 18.4 Å². The van der Waals surface area contributed by atoms with E-state index in [4.69, 9.17) is 0 Å². The molecule has 2 atom stereocenters. The van der Waals surface area contributed by atoms with E-state index in [2.05, 4.69) is 34.8 Å². The van der Waals surface area contributed by atoms with Crippen molar-refractivity contribution in [2.75, 3.05) is 25.5 Å². The lowest BCUT2D eigenvalue weighted by atomic mass is 9.75. The maximum absolute atomic E-state index is 3.76. The average molecular weight is 288 g/mol. The van der Waals surface area contributed by atoms with Crippen LogP contribution >= 0.6 is 15.9 Å². The van der Waals surface area contributed by atoms with Crippen molar-refractivity contribution < 1.29 is 0 Å². The molecule has 0 aromatic rings. The molecule has 16 heavy (non-hydrogen) atoms. The topological polar surface area (TPSA) is 3.24 Å². The van der Waals surface area contributed by atoms with Gasteiger partial charge in [0.25, 0.3) is 0 Å². The quantitative estimate of drug-likeness (QED) is 0.693. The van der Waals surface area contributed by atoms with Crippen LogP contribution in [-0.2, 0) is 0 Å². The van der Waals surface area contributed by atoms with Gasteiger partial charge in [0.15, 0.2) is 0 Å². The van der Waals surface area contributed by atoms with E-state index >= 15 is 0 Å². The number of alkyl halides is 1. The molecule has 0 aromatic carbocycles. The lowest BCUT2D eigenvalue weighted by molar-refractivity contribution is 0.141. The van der Waals surface area contributed by atoms with Gasteiger partial charge in [-0.25, -0.2) is 0 Å². The van der Waals surface area contributed by atoms with Crippen molar-refractivity contribution >= 4 is 15.9 Å². The van der Waals surface area contributed by atoms with Crippen molar-refractivity contribution in [3.05, 3.63) is 0 Å². The van der Waals surface area contributed by atoms with Crippen LogP contribution in [0.15, 0.2) is 0 Å². The molecule has 2 rings (SSSR count). The number of hydrogen-bond donors (Lipinski definition) is 0. The van der Waals surface area contributed by atoms with Crippen molar-refractivity contribution in [2.24, 2.45) is 17.3 Å². The molecule has 1 nitrogen and oxygen atoms in total. The van der Waals surface area contributed by atoms with Crippen molar-refractivity contribution in [1.29, 1.82) is 0 Å². The third-order valence-corrected chi connectivity index (χ3v) is 5.81. The van der Waals surface area contributed by atoms with Gasteiger partial charge >= 0.3 is 0 Å². The highest BCUT2D eigenvalue weighted by atomic mass is 79.9. The van der Waals surface area contributed by atoms with Crippen LogP contribution in [0.3, 0.4) is 0 Å². The largest absolute Gasteiger partial charge is 0.306 e. The molecule has 2 aliphatic carbocycles. The molecule has 0 amide bonds. The lowest BCUT2D eigenvalue weighted by Crippen LogP contribution is -2.39. The molecule has 2 fully saturated rings. The minimum absolute atomic E-state index is 0.588. The van der Waals surface area contributed by atoms with E-state index < -0.39 is 0 Å². The first-order chi connectivity index (χ1) is 7.65. The minimum Gasteiger partial charge on any atom is -0.306 e. The van der Waals surface area contributed by atoms with Crippen LogP contribution in [0.25, 0.3) is 0 Å². The Morgan fingerprint density at radius 3 is 2.38 bits per heavy atom. The van der Waals surface area contributed by atoms with E-state index in [1.165, 1.54) is 56.9 Å². The second kappa shape index (κ2) is 5.39. The summed E-state index contributed by atoms with van der Waals surface area (Å²) in [5, 5.41) is 1.20. The Morgan fingerprint density at radius 1 is 1.25 bits per heavy atom. The van der Waals surface area contributed by atoms with Crippen LogP contribution < -0.4 is 0 Å². The first kappa shape index (κ1) is 12.9. The maximum Gasteiger partial charge on any atom is 0.0100 e. The van der Waals surface area contributed by atoms with Crippen molar-refractivity contribution in [3.63, 3.8) is 0 Å². The zero-order valence-electron chi connectivity index (χ0n) is 10.8. The zero-order chi connectivity index (χ0) is 11.6. The Hall–Kier alpha value is 0.440. The minimum atomic E-state index is 0.588. The van der Waals surface area contributed by atoms with E-state index in [0.717, 1.165) is 11.8 Å². The van der Waals surface area contributed by atoms with Gasteiger partial charge in [-0.3, -0.25) is 0 Å². The molecule has 0 aromatic heterocycles. The molecule has 0 saturated heterocycles. The van der Waals surface area contributed by atoms with Gasteiger partial charge in [0.05, 0.1) is 0 Å². The molecular weight excluding hydrogens is 262 g/mol. The smallest absolute Gasteiger partial charge is 0.0100 e. The summed E-state index contributed by atoms with van der Waals surface area (Å²) in [6, 6.07) is 0. The number of halogens is 1. The van der Waals surface area contributed by atoms with Gasteiger partial charge in [-0.15, -0.1) is 0 Å². The zero-order valence-corrected chi connectivity index (χ0v) is 12.4. The summed E-state index contributed by atoms with van der Waals surface area (Å²) in [5.74, 6) is 2.00. The molecule has 0 heterocycles. The SMILES string of the molecule is CC1CC1CN(C)CC1(CBr)CCCCC1. The summed E-state index contributed by atoms with van der Waals surface area (Å²) in [5.41, 5.74) is 0.588. The van der Waals surface area contributed by atoms with Crippen molar-refractivity contribution in [2.45, 2.75) is 45.4 Å². The predicted molar refractivity (Wildman–Crippen MR) is 74.1 cm³/mol. The van der Waals surface area contributed by atoms with E-state index in [9.17, 15) is 0 Å². The van der Waals surface area contributed by atoms with E-state index in [1.807, 2.05) is 0 Å². The fourth-order valence-corrected chi connectivity index (χ4v) is 4.06. The third kappa shape index (κ3) is 3.22. The summed E-state index contributed by atoms with van der Waals surface area (Å²) in [4.78, 5) is 2.60. The molecule has 94 valence electrons. The number of rotatable bonds is 5. The normalized spacial score (nSPS) is 33.0. The summed E-state index contributed by atoms with van der Waals surface area (Å²) >= 11 is 3.76. The third-order valence-electron chi connectivity index (χ3n) is 4.63. The fourth-order valence-electron chi connectivity index (χ4n) is 3.33. The summed E-state index contributed by atoms with van der Waals surface area (Å²) in [6.07, 6.45) is 8.67. The molecule has 2 unspecified atom stereocenters. The van der Waals surface area contributed by atoms with Crippen LogP contribution in [0.4, 0.5) is 0 Å². The standard InChI is InChI=1S/C14H26BrN/c1-12-8-13(12)9-16(2)11-14(10-15)6-4-3-5-7-14/h12-13H,3-11H2,1-2H3. The summed E-state index contributed by atoms with van der Waals surface area (Å²) in [7, 11) is 2.32. The molecule has 0 spiro atoms. The highest BCUT2D eigenvalue weighted by molar-refractivity contribution is 9.09. The van der Waals surface area contributed by atoms with Crippen molar-refractivity contribution in [1.82, 2.24) is 4.90 Å². The van der Waals surface area contributed by atoms with Crippen molar-refractivity contribution in [3.8, 4) is 0 Å². The highest BCUT2D eigenvalue weighted by Crippen LogP contribution is 2.41. The van der Waals surface area contributed by atoms with Gasteiger partial charge in [-0.05, 0) is 43.6 Å². The highest BCUT2D eigenvalue weighted by Gasteiger charge is 2.36. The van der Waals surface area contributed by atoms with Gasteiger partial charge in [-0.2, -0.15) is 0 Å². The summed E-state index contributed by atoms with van der Waals surface area (Å²) in [6.45, 7) is 5.02. The Labute approximate surface area is 109 Å². The van der Waals surface area contributed by atoms with Crippen LogP contribution in [-0.4, -0.2) is 30.4 Å². The second-order valence-electron chi connectivity index (χ2n) is 6.36. The molecule has 0 N–H and O–H groups in total. The molecule has 0 radical (unpaired) electrons. The first-order valence-corrected chi connectivity index (χ1v) is 8.02. The van der Waals surface area contributed by atoms with Gasteiger partial charge in [0.1, 0.15) is 0 Å². The Bertz CT molecular complexity index is 223. The average Bonchev–Trinajstić information content (AvgIpc) is 2.95. The van der Waals surface area contributed by atoms with E-state index in [1.54, 1.807) is 0 Å². The van der Waals surface area contributed by atoms with Crippen LogP contribution in [0.1, 0.15) is 45.4 Å². The predicted octanol–water partition coefficient (Wildman–Crippen LogP) is 3.92. The molecule has 0 bridgehead atoms. The van der Waals surface area contributed by atoms with E-state index in [-0.39, 0.29) is 0 Å². The van der Waals surface area contributed by atoms with Crippen LogP contribution in [0, 0.1) is 17.3 Å². The Balaban J connectivity index is 1.80. The van der Waals surface area contributed by atoms with Crippen LogP contribution in [0.2, 0.25) is 0 Å². The van der Waals surface area contributed by atoms with Gasteiger partial charge < -0.3 is 4.90 Å². The van der Waals surface area contributed by atoms with Gasteiger partial charge in [-0.1, -0.05) is 42.1 Å². The lowest BCUT2D eigenvalue weighted by Gasteiger charge is -2.39. The molecule has 2 heteroatoms. The van der Waals surface area contributed by atoms with Gasteiger partial charge in [0.2, 0.25) is 0 Å². The molecule has 0 aliphatic heterocycles.